The number of nitrogens with zero attached hydrogens (tertiary/aromatic N) is 1. The quantitative estimate of drug-likeness (QED) is 0.488. The molecule has 0 bridgehead atoms. The van der Waals surface area contributed by atoms with Crippen molar-refractivity contribution >= 4 is 38.5 Å². The maximum absolute atomic E-state index is 5.81. The van der Waals surface area contributed by atoms with E-state index < -0.39 is 0 Å². The van der Waals surface area contributed by atoms with Crippen LogP contribution in [0.15, 0.2) is 48.5 Å². The van der Waals surface area contributed by atoms with Crippen LogP contribution in [0.25, 0.3) is 32.7 Å². The predicted octanol–water partition coefficient (Wildman–Crippen LogP) is 3.45. The van der Waals surface area contributed by atoms with Gasteiger partial charge in [-0.25, -0.2) is 4.98 Å². The third-order valence-electron chi connectivity index (χ3n) is 3.35. The Morgan fingerprint density at radius 3 is 2.67 bits per heavy atom. The summed E-state index contributed by atoms with van der Waals surface area (Å²) in [5.74, 6) is 0.556. The minimum absolute atomic E-state index is 0.556. The van der Waals surface area contributed by atoms with Gasteiger partial charge in [-0.05, 0) is 24.3 Å². The number of nitrogens with one attached hydrogen (secondary N) is 1. The summed E-state index contributed by atoms with van der Waals surface area (Å²) in [6, 6.07) is 16.3. The highest BCUT2D eigenvalue weighted by Gasteiger charge is 2.08. The molecule has 0 amide bonds. The molecule has 0 unspecified atom stereocenters. The van der Waals surface area contributed by atoms with E-state index in [1.54, 1.807) is 0 Å². The number of benzene rings is 2. The second-order valence-corrected chi connectivity index (χ2v) is 4.47. The van der Waals surface area contributed by atoms with Crippen LogP contribution in [0.1, 0.15) is 0 Å². The number of para-hydroxylation sites is 1. The third kappa shape index (κ3) is 1.16. The molecule has 0 saturated heterocycles. The van der Waals surface area contributed by atoms with E-state index in [2.05, 4.69) is 34.2 Å². The van der Waals surface area contributed by atoms with Crippen molar-refractivity contribution in [3.63, 3.8) is 0 Å². The van der Waals surface area contributed by atoms with Crippen molar-refractivity contribution in [2.24, 2.45) is 0 Å². The van der Waals surface area contributed by atoms with Crippen LogP contribution >= 0.6 is 0 Å². The van der Waals surface area contributed by atoms with Crippen LogP contribution in [0.4, 0.5) is 5.82 Å². The van der Waals surface area contributed by atoms with E-state index in [-0.39, 0.29) is 0 Å². The van der Waals surface area contributed by atoms with Crippen LogP contribution in [-0.2, 0) is 0 Å². The van der Waals surface area contributed by atoms with E-state index in [9.17, 15) is 0 Å². The van der Waals surface area contributed by atoms with Crippen LogP contribution in [-0.4, -0.2) is 9.97 Å². The fraction of sp³-hybridized carbons (Fsp3) is 0. The molecule has 4 aromatic rings. The van der Waals surface area contributed by atoms with E-state index in [0.717, 1.165) is 27.3 Å². The first-order chi connectivity index (χ1) is 8.83. The van der Waals surface area contributed by atoms with Gasteiger partial charge in [0.05, 0.1) is 5.52 Å². The van der Waals surface area contributed by atoms with Crippen LogP contribution in [0.3, 0.4) is 0 Å². The Bertz CT molecular complexity index is 890. The number of aromatic amines is 1. The third-order valence-corrected chi connectivity index (χ3v) is 3.35. The molecule has 0 atom stereocenters. The van der Waals surface area contributed by atoms with Gasteiger partial charge in [0.15, 0.2) is 0 Å². The largest absolute Gasteiger partial charge is 0.384 e. The van der Waals surface area contributed by atoms with Crippen molar-refractivity contribution in [3.05, 3.63) is 48.5 Å². The first-order valence-corrected chi connectivity index (χ1v) is 5.88. The summed E-state index contributed by atoms with van der Waals surface area (Å²) in [5, 5.41) is 3.45. The lowest BCUT2D eigenvalue weighted by Gasteiger charge is -2.00. The number of pyridine rings is 1. The monoisotopic (exact) mass is 233 g/mol. The van der Waals surface area contributed by atoms with Crippen LogP contribution in [0, 0.1) is 0 Å². The van der Waals surface area contributed by atoms with Crippen LogP contribution in [0.2, 0.25) is 0 Å². The SMILES string of the molecule is Nc1ccc2ccc3[nH]c4ccccc4c3c2n1. The fourth-order valence-electron chi connectivity index (χ4n) is 2.54. The molecule has 2 heterocycles. The topological polar surface area (TPSA) is 54.7 Å². The summed E-state index contributed by atoms with van der Waals surface area (Å²) in [5.41, 5.74) is 9.00. The van der Waals surface area contributed by atoms with Crippen molar-refractivity contribution in [3.8, 4) is 0 Å². The Balaban J connectivity index is 2.35. The lowest BCUT2D eigenvalue weighted by Crippen LogP contribution is -1.89. The highest BCUT2D eigenvalue weighted by Crippen LogP contribution is 2.31. The average Bonchev–Trinajstić information content (AvgIpc) is 2.77. The molecule has 3 heteroatoms. The minimum Gasteiger partial charge on any atom is -0.384 e. The molecular formula is C15H11N3. The Kier molecular flexibility index (Phi) is 1.70. The molecule has 18 heavy (non-hydrogen) atoms. The molecule has 0 fully saturated rings. The minimum atomic E-state index is 0.556. The first-order valence-electron chi connectivity index (χ1n) is 5.88. The van der Waals surface area contributed by atoms with Gasteiger partial charge in [-0.15, -0.1) is 0 Å². The molecule has 86 valence electrons. The number of aromatic nitrogens is 2. The first kappa shape index (κ1) is 9.48. The van der Waals surface area contributed by atoms with E-state index >= 15 is 0 Å². The Morgan fingerprint density at radius 2 is 1.72 bits per heavy atom. The number of nitrogen functional groups attached to an aromatic ring is 1. The highest BCUT2D eigenvalue weighted by atomic mass is 14.8. The van der Waals surface area contributed by atoms with Gasteiger partial charge in [-0.3, -0.25) is 0 Å². The van der Waals surface area contributed by atoms with Crippen molar-refractivity contribution in [2.45, 2.75) is 0 Å². The molecular weight excluding hydrogens is 222 g/mol. The zero-order valence-electron chi connectivity index (χ0n) is 9.64. The molecule has 3 nitrogen and oxygen atoms in total. The van der Waals surface area contributed by atoms with E-state index in [1.165, 1.54) is 5.39 Å². The zero-order valence-corrected chi connectivity index (χ0v) is 9.64. The van der Waals surface area contributed by atoms with E-state index in [0.29, 0.717) is 5.82 Å². The summed E-state index contributed by atoms with van der Waals surface area (Å²) < 4.78 is 0. The van der Waals surface area contributed by atoms with Gasteiger partial charge in [-0.1, -0.05) is 24.3 Å². The van der Waals surface area contributed by atoms with Crippen LogP contribution in [0.5, 0.6) is 0 Å². The van der Waals surface area contributed by atoms with Gasteiger partial charge in [0, 0.05) is 27.2 Å². The van der Waals surface area contributed by atoms with Gasteiger partial charge in [0.2, 0.25) is 0 Å². The smallest absolute Gasteiger partial charge is 0.124 e. The summed E-state index contributed by atoms with van der Waals surface area (Å²) in [6.07, 6.45) is 0. The molecule has 0 aliphatic heterocycles. The number of hydrogen-bond donors (Lipinski definition) is 2. The number of anilines is 1. The zero-order chi connectivity index (χ0) is 12.1. The second kappa shape index (κ2) is 3.23. The molecule has 2 aromatic carbocycles. The van der Waals surface area contributed by atoms with Crippen LogP contribution < -0.4 is 5.73 Å². The molecule has 2 aromatic heterocycles. The molecule has 0 radical (unpaired) electrons. The maximum atomic E-state index is 5.81. The van der Waals surface area contributed by atoms with Gasteiger partial charge < -0.3 is 10.7 Å². The maximum Gasteiger partial charge on any atom is 0.124 e. The standard InChI is InChI=1S/C15H11N3/c16-13-8-6-9-5-7-12-14(15(9)18-13)10-3-1-2-4-11(10)17-12/h1-8,17H,(H2,16,18). The summed E-state index contributed by atoms with van der Waals surface area (Å²) >= 11 is 0. The molecule has 0 saturated carbocycles. The highest BCUT2D eigenvalue weighted by molar-refractivity contribution is 6.18. The van der Waals surface area contributed by atoms with E-state index in [4.69, 9.17) is 5.73 Å². The second-order valence-electron chi connectivity index (χ2n) is 4.47. The molecule has 3 N–H and O–H groups in total. The number of nitrogens with two attached hydrogens (primary N) is 1. The number of hydrogen-bond acceptors (Lipinski definition) is 2. The lowest BCUT2D eigenvalue weighted by molar-refractivity contribution is 1.43. The molecule has 0 spiro atoms. The number of H-pyrrole nitrogens is 1. The molecule has 0 aliphatic carbocycles. The predicted molar refractivity (Wildman–Crippen MR) is 75.5 cm³/mol. The van der Waals surface area contributed by atoms with Crippen molar-refractivity contribution in [2.75, 3.05) is 5.73 Å². The Morgan fingerprint density at radius 1 is 0.889 bits per heavy atom. The lowest BCUT2D eigenvalue weighted by atomic mass is 10.1. The van der Waals surface area contributed by atoms with Crippen molar-refractivity contribution in [1.82, 2.24) is 9.97 Å². The van der Waals surface area contributed by atoms with Crippen molar-refractivity contribution < 1.29 is 0 Å². The van der Waals surface area contributed by atoms with Gasteiger partial charge >= 0.3 is 0 Å². The Hall–Kier alpha value is -2.55. The number of rotatable bonds is 0. The molecule has 4 rings (SSSR count). The van der Waals surface area contributed by atoms with Gasteiger partial charge in [0.25, 0.3) is 0 Å². The van der Waals surface area contributed by atoms with E-state index in [1.807, 2.05) is 24.3 Å². The molecule has 0 aliphatic rings. The number of fused-ring (bicyclic) bond motifs is 5. The Labute approximate surface area is 103 Å². The summed E-state index contributed by atoms with van der Waals surface area (Å²) in [7, 11) is 0. The van der Waals surface area contributed by atoms with Gasteiger partial charge in [-0.2, -0.15) is 0 Å². The normalized spacial score (nSPS) is 11.6. The van der Waals surface area contributed by atoms with Crippen molar-refractivity contribution in [1.29, 1.82) is 0 Å². The van der Waals surface area contributed by atoms with Gasteiger partial charge in [0.1, 0.15) is 5.82 Å². The summed E-state index contributed by atoms with van der Waals surface area (Å²) in [6.45, 7) is 0. The summed E-state index contributed by atoms with van der Waals surface area (Å²) in [4.78, 5) is 7.89. The average molecular weight is 233 g/mol. The fourth-order valence-corrected chi connectivity index (χ4v) is 2.54.